The summed E-state index contributed by atoms with van der Waals surface area (Å²) in [5, 5.41) is 14.2. The molecule has 3 aromatic rings. The van der Waals surface area contributed by atoms with E-state index in [2.05, 4.69) is 26.2 Å². The highest BCUT2D eigenvalue weighted by molar-refractivity contribution is 9.10. The molecule has 27 heavy (non-hydrogen) atoms. The second-order valence-corrected chi connectivity index (χ2v) is 7.18. The van der Waals surface area contributed by atoms with Gasteiger partial charge in [-0.05, 0) is 24.3 Å². The van der Waals surface area contributed by atoms with Crippen molar-refractivity contribution in [2.24, 2.45) is 0 Å². The molecule has 0 unspecified atom stereocenters. The topological polar surface area (TPSA) is 48.7 Å². The third-order valence-corrected chi connectivity index (χ3v) is 5.00. The molecule has 0 amide bonds. The third-order valence-electron chi connectivity index (χ3n) is 3.60. The molecule has 0 spiro atoms. The smallest absolute Gasteiger partial charge is 0.360 e. The Morgan fingerprint density at radius 1 is 1.15 bits per heavy atom. The predicted molar refractivity (Wildman–Crippen MR) is 104 cm³/mol. The summed E-state index contributed by atoms with van der Waals surface area (Å²) >= 11 is 4.61. The first-order chi connectivity index (χ1) is 12.9. The van der Waals surface area contributed by atoms with E-state index in [-0.39, 0.29) is 11.3 Å². The number of thiazole rings is 1. The number of alkyl halides is 3. The molecule has 0 radical (unpaired) electrons. The van der Waals surface area contributed by atoms with Crippen molar-refractivity contribution in [1.29, 1.82) is 5.26 Å². The third kappa shape index (κ3) is 4.56. The Hall–Kier alpha value is -2.63. The van der Waals surface area contributed by atoms with Gasteiger partial charge in [-0.2, -0.15) is 18.4 Å². The molecule has 1 heterocycles. The van der Waals surface area contributed by atoms with Crippen molar-refractivity contribution >= 4 is 38.5 Å². The zero-order chi connectivity index (χ0) is 19.4. The second-order valence-electron chi connectivity index (χ2n) is 5.40. The van der Waals surface area contributed by atoms with Crippen molar-refractivity contribution in [2.75, 3.05) is 5.32 Å². The molecule has 1 aromatic heterocycles. The van der Waals surface area contributed by atoms with Gasteiger partial charge in [-0.3, -0.25) is 0 Å². The minimum atomic E-state index is -4.49. The van der Waals surface area contributed by atoms with Crippen molar-refractivity contribution in [3.63, 3.8) is 0 Å². The molecule has 0 aliphatic heterocycles. The molecule has 1 N–H and O–H groups in total. The van der Waals surface area contributed by atoms with E-state index in [1.54, 1.807) is 5.38 Å². The van der Waals surface area contributed by atoms with E-state index in [1.165, 1.54) is 35.7 Å². The maximum atomic E-state index is 13.1. The number of rotatable bonds is 4. The number of nitriles is 1. The Labute approximate surface area is 165 Å². The summed E-state index contributed by atoms with van der Waals surface area (Å²) in [4.78, 5) is 4.42. The van der Waals surface area contributed by atoms with Gasteiger partial charge in [0.05, 0.1) is 16.9 Å². The van der Waals surface area contributed by atoms with Crippen LogP contribution in [0.25, 0.3) is 16.8 Å². The summed E-state index contributed by atoms with van der Waals surface area (Å²) in [6.45, 7) is 0. The lowest BCUT2D eigenvalue weighted by molar-refractivity contribution is -0.136. The van der Waals surface area contributed by atoms with Gasteiger partial charge in [0.15, 0.2) is 0 Å². The van der Waals surface area contributed by atoms with E-state index in [0.717, 1.165) is 16.1 Å². The Morgan fingerprint density at radius 2 is 1.85 bits per heavy atom. The van der Waals surface area contributed by atoms with Crippen LogP contribution in [0.4, 0.5) is 18.9 Å². The van der Waals surface area contributed by atoms with Gasteiger partial charge >= 0.3 is 6.18 Å². The van der Waals surface area contributed by atoms with Crippen LogP contribution >= 0.6 is 27.3 Å². The molecule has 3 rings (SSSR count). The number of hydrogen-bond donors (Lipinski definition) is 1. The number of para-hydroxylation sites is 1. The molecule has 2 aromatic carbocycles. The van der Waals surface area contributed by atoms with Crippen molar-refractivity contribution < 1.29 is 13.2 Å². The van der Waals surface area contributed by atoms with E-state index >= 15 is 0 Å². The van der Waals surface area contributed by atoms with Gasteiger partial charge in [-0.15, -0.1) is 11.3 Å². The first kappa shape index (κ1) is 19.1. The zero-order valence-electron chi connectivity index (χ0n) is 13.6. The van der Waals surface area contributed by atoms with Crippen molar-refractivity contribution in [1.82, 2.24) is 4.98 Å². The summed E-state index contributed by atoms with van der Waals surface area (Å²) in [6, 6.07) is 14.6. The van der Waals surface area contributed by atoms with Gasteiger partial charge < -0.3 is 5.32 Å². The van der Waals surface area contributed by atoms with Gasteiger partial charge in [-0.25, -0.2) is 4.98 Å². The summed E-state index contributed by atoms with van der Waals surface area (Å²) in [6.07, 6.45) is -3.24. The summed E-state index contributed by atoms with van der Waals surface area (Å²) in [5.74, 6) is 0. The zero-order valence-corrected chi connectivity index (χ0v) is 16.0. The quantitative estimate of drug-likeness (QED) is 0.458. The fourth-order valence-electron chi connectivity index (χ4n) is 2.30. The average molecular weight is 450 g/mol. The molecule has 0 aliphatic carbocycles. The highest BCUT2D eigenvalue weighted by Crippen LogP contribution is 2.35. The lowest BCUT2D eigenvalue weighted by Gasteiger charge is -2.12. The molecule has 3 nitrogen and oxygen atoms in total. The molecule has 0 bridgehead atoms. The van der Waals surface area contributed by atoms with Crippen molar-refractivity contribution in [3.8, 4) is 17.3 Å². The van der Waals surface area contributed by atoms with E-state index in [0.29, 0.717) is 10.7 Å². The average Bonchev–Trinajstić information content (AvgIpc) is 3.12. The number of halogens is 4. The van der Waals surface area contributed by atoms with E-state index in [1.807, 2.05) is 30.3 Å². The van der Waals surface area contributed by atoms with E-state index < -0.39 is 11.7 Å². The van der Waals surface area contributed by atoms with Crippen LogP contribution in [0.2, 0.25) is 0 Å². The van der Waals surface area contributed by atoms with E-state index in [9.17, 15) is 18.4 Å². The van der Waals surface area contributed by atoms with Gasteiger partial charge in [0.2, 0.25) is 0 Å². The molecular formula is C19H11BrF3N3S. The van der Waals surface area contributed by atoms with Crippen LogP contribution in [0.1, 0.15) is 10.6 Å². The first-order valence-corrected chi connectivity index (χ1v) is 9.30. The number of hydrogen-bond acceptors (Lipinski definition) is 4. The second kappa shape index (κ2) is 7.94. The van der Waals surface area contributed by atoms with Crippen LogP contribution in [0.5, 0.6) is 0 Å². The SMILES string of the molecule is N#C/C(=C\Nc1ccccc1C(F)(F)F)c1nc(-c2ccc(Br)cc2)cs1. The number of nitrogens with zero attached hydrogens (tertiary/aromatic N) is 2. The molecule has 0 fully saturated rings. The first-order valence-electron chi connectivity index (χ1n) is 7.63. The lowest BCUT2D eigenvalue weighted by Crippen LogP contribution is -2.08. The van der Waals surface area contributed by atoms with E-state index in [4.69, 9.17) is 0 Å². The van der Waals surface area contributed by atoms with Crippen LogP contribution in [-0.2, 0) is 6.18 Å². The molecule has 0 aliphatic rings. The Morgan fingerprint density at radius 3 is 2.52 bits per heavy atom. The van der Waals surface area contributed by atoms with Gasteiger partial charge in [0.25, 0.3) is 0 Å². The monoisotopic (exact) mass is 449 g/mol. The maximum absolute atomic E-state index is 13.1. The number of allylic oxidation sites excluding steroid dienone is 1. The van der Waals surface area contributed by atoms with Crippen molar-refractivity contribution in [2.45, 2.75) is 6.18 Å². The number of anilines is 1. The summed E-state index contributed by atoms with van der Waals surface area (Å²) in [5.41, 5.74) is 0.809. The molecule has 0 saturated carbocycles. The lowest BCUT2D eigenvalue weighted by atomic mass is 10.1. The van der Waals surface area contributed by atoms with Crippen LogP contribution in [0.3, 0.4) is 0 Å². The molecule has 0 atom stereocenters. The van der Waals surface area contributed by atoms with Gasteiger partial charge in [-0.1, -0.05) is 40.2 Å². The predicted octanol–water partition coefficient (Wildman–Crippen LogP) is 6.57. The molecule has 8 heteroatoms. The summed E-state index contributed by atoms with van der Waals surface area (Å²) in [7, 11) is 0. The van der Waals surface area contributed by atoms with Crippen LogP contribution in [0.15, 0.2) is 64.6 Å². The fraction of sp³-hybridized carbons (Fsp3) is 0.0526. The molecule has 0 saturated heterocycles. The largest absolute Gasteiger partial charge is 0.418 e. The maximum Gasteiger partial charge on any atom is 0.418 e. The highest BCUT2D eigenvalue weighted by Gasteiger charge is 2.33. The minimum Gasteiger partial charge on any atom is -0.360 e. The molecule has 136 valence electrons. The number of benzene rings is 2. The normalized spacial score (nSPS) is 11.9. The highest BCUT2D eigenvalue weighted by atomic mass is 79.9. The Bertz CT molecular complexity index is 1020. The number of nitrogens with one attached hydrogen (secondary N) is 1. The number of aromatic nitrogens is 1. The Kier molecular flexibility index (Phi) is 5.63. The van der Waals surface area contributed by atoms with Crippen molar-refractivity contribution in [3.05, 3.63) is 75.2 Å². The van der Waals surface area contributed by atoms with Gasteiger partial charge in [0.1, 0.15) is 16.6 Å². The van der Waals surface area contributed by atoms with Crippen LogP contribution in [-0.4, -0.2) is 4.98 Å². The van der Waals surface area contributed by atoms with Crippen LogP contribution < -0.4 is 5.32 Å². The van der Waals surface area contributed by atoms with Crippen LogP contribution in [0, 0.1) is 11.3 Å². The fourth-order valence-corrected chi connectivity index (χ4v) is 3.36. The standard InChI is InChI=1S/C19H11BrF3N3S/c20-14-7-5-12(6-8-14)17-11-27-18(26-17)13(9-24)10-25-16-4-2-1-3-15(16)19(21,22)23/h1-8,10-11,25H/b13-10+. The Balaban J connectivity index is 1.87. The summed E-state index contributed by atoms with van der Waals surface area (Å²) < 4.78 is 40.1. The minimum absolute atomic E-state index is 0.123. The van der Waals surface area contributed by atoms with Gasteiger partial charge in [0, 0.05) is 21.6 Å². The molecular weight excluding hydrogens is 439 g/mol.